The topological polar surface area (TPSA) is 96.3 Å². The van der Waals surface area contributed by atoms with Crippen LogP contribution in [-0.4, -0.2) is 27.2 Å². The Balaban J connectivity index is 1.56. The quantitative estimate of drug-likeness (QED) is 0.764. The second-order valence-electron chi connectivity index (χ2n) is 6.32. The Morgan fingerprint density at radius 2 is 2.04 bits per heavy atom. The van der Waals surface area contributed by atoms with Gasteiger partial charge in [-0.3, -0.25) is 4.79 Å². The van der Waals surface area contributed by atoms with E-state index in [0.717, 1.165) is 24.8 Å². The maximum absolute atomic E-state index is 12.4. The van der Waals surface area contributed by atoms with E-state index in [0.29, 0.717) is 16.3 Å². The molecule has 27 heavy (non-hydrogen) atoms. The van der Waals surface area contributed by atoms with E-state index in [-0.39, 0.29) is 29.4 Å². The molecule has 8 heteroatoms. The molecule has 0 spiro atoms. The van der Waals surface area contributed by atoms with E-state index in [2.05, 4.69) is 11.4 Å². The molecular weight excluding hydrogens is 384 g/mol. The number of fused-ring (bicyclic) bond motifs is 1. The van der Waals surface area contributed by atoms with Crippen molar-refractivity contribution in [3.05, 3.63) is 40.3 Å². The standard InChI is InChI=1S/C19H20N2O4S2/c1-25-13-7-9-14(10-8-13)27(23,24)11-3-6-18(22)21-19-16(12-20)15-4-2-5-17(15)26-19/h7-10H,2-6,11H2,1H3,(H,21,22). The van der Waals surface area contributed by atoms with E-state index < -0.39 is 9.84 Å². The number of nitrogens with one attached hydrogen (secondary N) is 1. The molecule has 1 aliphatic rings. The van der Waals surface area contributed by atoms with Gasteiger partial charge in [0.2, 0.25) is 5.91 Å². The van der Waals surface area contributed by atoms with Gasteiger partial charge in [0.15, 0.2) is 9.84 Å². The van der Waals surface area contributed by atoms with Gasteiger partial charge in [0.1, 0.15) is 16.8 Å². The molecule has 0 radical (unpaired) electrons. The van der Waals surface area contributed by atoms with Crippen molar-refractivity contribution in [3.63, 3.8) is 0 Å². The van der Waals surface area contributed by atoms with Gasteiger partial charge in [-0.1, -0.05) is 0 Å². The van der Waals surface area contributed by atoms with Crippen LogP contribution in [0.1, 0.15) is 35.3 Å². The minimum absolute atomic E-state index is 0.0861. The molecule has 0 bridgehead atoms. The number of benzene rings is 1. The molecule has 1 aliphatic carbocycles. The van der Waals surface area contributed by atoms with Crippen molar-refractivity contribution >= 4 is 32.1 Å². The minimum Gasteiger partial charge on any atom is -0.497 e. The normalized spacial score (nSPS) is 13.0. The number of thiophene rings is 1. The monoisotopic (exact) mass is 404 g/mol. The van der Waals surface area contributed by atoms with Crippen LogP contribution in [0.5, 0.6) is 5.75 Å². The van der Waals surface area contributed by atoms with Crippen LogP contribution < -0.4 is 10.1 Å². The number of sulfone groups is 1. The molecule has 0 unspecified atom stereocenters. The highest BCUT2D eigenvalue weighted by molar-refractivity contribution is 7.91. The summed E-state index contributed by atoms with van der Waals surface area (Å²) in [4.78, 5) is 13.6. The number of nitrogens with zero attached hydrogens (tertiary/aromatic N) is 1. The first-order valence-electron chi connectivity index (χ1n) is 8.66. The average Bonchev–Trinajstić information content (AvgIpc) is 3.22. The molecule has 1 aromatic heterocycles. The van der Waals surface area contributed by atoms with Crippen LogP contribution in [0, 0.1) is 11.3 Å². The molecule has 1 heterocycles. The lowest BCUT2D eigenvalue weighted by Gasteiger charge is -2.06. The summed E-state index contributed by atoms with van der Waals surface area (Å²) in [6, 6.07) is 8.38. The Morgan fingerprint density at radius 1 is 1.30 bits per heavy atom. The first-order valence-corrected chi connectivity index (χ1v) is 11.1. The zero-order valence-corrected chi connectivity index (χ0v) is 16.6. The molecule has 0 fully saturated rings. The third-order valence-corrected chi connectivity index (χ3v) is 7.55. The molecule has 2 aromatic rings. The van der Waals surface area contributed by atoms with Crippen molar-refractivity contribution in [2.24, 2.45) is 0 Å². The van der Waals surface area contributed by atoms with Crippen LogP contribution in [-0.2, 0) is 27.5 Å². The third-order valence-electron chi connectivity index (χ3n) is 4.52. The van der Waals surface area contributed by atoms with Gasteiger partial charge in [0, 0.05) is 11.3 Å². The first kappa shape index (κ1) is 19.4. The maximum atomic E-state index is 12.4. The number of rotatable bonds is 7. The zero-order chi connectivity index (χ0) is 19.4. The van der Waals surface area contributed by atoms with Crippen molar-refractivity contribution in [1.29, 1.82) is 5.26 Å². The molecule has 1 N–H and O–H groups in total. The summed E-state index contributed by atoms with van der Waals surface area (Å²) in [7, 11) is -1.93. The summed E-state index contributed by atoms with van der Waals surface area (Å²) in [6.07, 6.45) is 3.18. The molecule has 0 saturated carbocycles. The van der Waals surface area contributed by atoms with Gasteiger partial charge in [-0.2, -0.15) is 5.26 Å². The second kappa shape index (κ2) is 8.11. The number of methoxy groups -OCH3 is 1. The van der Waals surface area contributed by atoms with Crippen LogP contribution >= 0.6 is 11.3 Å². The SMILES string of the molecule is COc1ccc(S(=O)(=O)CCCC(=O)Nc2sc3c(c2C#N)CCC3)cc1. The summed E-state index contributed by atoms with van der Waals surface area (Å²) in [5.41, 5.74) is 1.62. The number of ether oxygens (including phenoxy) is 1. The number of carbonyl (C=O) groups is 1. The highest BCUT2D eigenvalue weighted by atomic mass is 32.2. The Kier molecular flexibility index (Phi) is 5.82. The van der Waals surface area contributed by atoms with Gasteiger partial charge >= 0.3 is 0 Å². The van der Waals surface area contributed by atoms with E-state index in [9.17, 15) is 18.5 Å². The van der Waals surface area contributed by atoms with Gasteiger partial charge in [-0.25, -0.2) is 8.42 Å². The molecule has 142 valence electrons. The number of amides is 1. The number of hydrogen-bond donors (Lipinski definition) is 1. The largest absolute Gasteiger partial charge is 0.497 e. The molecular formula is C19H20N2O4S2. The number of aryl methyl sites for hydroxylation is 1. The fraction of sp³-hybridized carbons (Fsp3) is 0.368. The highest BCUT2D eigenvalue weighted by Crippen LogP contribution is 2.38. The first-order chi connectivity index (χ1) is 12.9. The van der Waals surface area contributed by atoms with Crippen LogP contribution in [0.4, 0.5) is 5.00 Å². The van der Waals surface area contributed by atoms with E-state index in [1.807, 2.05) is 0 Å². The van der Waals surface area contributed by atoms with E-state index in [1.165, 1.54) is 35.5 Å². The molecule has 0 atom stereocenters. The van der Waals surface area contributed by atoms with Crippen molar-refractivity contribution in [2.45, 2.75) is 37.0 Å². The molecule has 6 nitrogen and oxygen atoms in total. The lowest BCUT2D eigenvalue weighted by atomic mass is 10.1. The van der Waals surface area contributed by atoms with Gasteiger partial charge in [-0.15, -0.1) is 11.3 Å². The Bertz CT molecular complexity index is 986. The van der Waals surface area contributed by atoms with Gasteiger partial charge in [0.25, 0.3) is 0 Å². The van der Waals surface area contributed by atoms with E-state index in [4.69, 9.17) is 4.74 Å². The molecule has 0 aliphatic heterocycles. The summed E-state index contributed by atoms with van der Waals surface area (Å²) in [6.45, 7) is 0. The average molecular weight is 405 g/mol. The Hall–Kier alpha value is -2.37. The summed E-state index contributed by atoms with van der Waals surface area (Å²) in [5.74, 6) is 0.208. The van der Waals surface area contributed by atoms with Crippen molar-refractivity contribution in [3.8, 4) is 11.8 Å². The van der Waals surface area contributed by atoms with Crippen molar-refractivity contribution in [1.82, 2.24) is 0 Å². The van der Waals surface area contributed by atoms with Gasteiger partial charge < -0.3 is 10.1 Å². The van der Waals surface area contributed by atoms with Crippen molar-refractivity contribution in [2.75, 3.05) is 18.2 Å². The fourth-order valence-electron chi connectivity index (χ4n) is 3.12. The molecule has 1 aromatic carbocycles. The molecule has 1 amide bonds. The minimum atomic E-state index is -3.45. The van der Waals surface area contributed by atoms with Crippen molar-refractivity contribution < 1.29 is 17.9 Å². The Morgan fingerprint density at radius 3 is 2.70 bits per heavy atom. The highest BCUT2D eigenvalue weighted by Gasteiger charge is 2.23. The summed E-state index contributed by atoms with van der Waals surface area (Å²) >= 11 is 1.46. The molecule has 0 saturated heterocycles. The lowest BCUT2D eigenvalue weighted by molar-refractivity contribution is -0.116. The van der Waals surface area contributed by atoms with E-state index >= 15 is 0 Å². The maximum Gasteiger partial charge on any atom is 0.225 e. The number of hydrogen-bond acceptors (Lipinski definition) is 6. The van der Waals surface area contributed by atoms with E-state index in [1.54, 1.807) is 12.1 Å². The number of nitriles is 1. The van der Waals surface area contributed by atoms with Crippen LogP contribution in [0.2, 0.25) is 0 Å². The Labute approximate surface area is 162 Å². The zero-order valence-electron chi connectivity index (χ0n) is 14.9. The van der Waals surface area contributed by atoms with Gasteiger partial charge in [0.05, 0.1) is 23.3 Å². The number of carbonyl (C=O) groups excluding carboxylic acids is 1. The fourth-order valence-corrected chi connectivity index (χ4v) is 5.69. The smallest absolute Gasteiger partial charge is 0.225 e. The van der Waals surface area contributed by atoms with Crippen LogP contribution in [0.25, 0.3) is 0 Å². The number of anilines is 1. The second-order valence-corrected chi connectivity index (χ2v) is 9.53. The lowest BCUT2D eigenvalue weighted by Crippen LogP contribution is -2.14. The summed E-state index contributed by atoms with van der Waals surface area (Å²) < 4.78 is 29.7. The molecule has 3 rings (SSSR count). The predicted molar refractivity (Wildman–Crippen MR) is 104 cm³/mol. The van der Waals surface area contributed by atoms with Crippen LogP contribution in [0.3, 0.4) is 0 Å². The van der Waals surface area contributed by atoms with Crippen LogP contribution in [0.15, 0.2) is 29.2 Å². The van der Waals surface area contributed by atoms with Gasteiger partial charge in [-0.05, 0) is 55.5 Å². The summed E-state index contributed by atoms with van der Waals surface area (Å²) in [5, 5.41) is 12.7. The third kappa shape index (κ3) is 4.31. The predicted octanol–water partition coefficient (Wildman–Crippen LogP) is 3.31.